The molecule has 4 aliphatic heterocycles. The maximum atomic E-state index is 11.2. The van der Waals surface area contributed by atoms with Crippen LogP contribution in [-0.4, -0.2) is 59.5 Å². The average Bonchev–Trinajstić information content (AvgIpc) is 3.28. The molecule has 2 aromatic rings. The van der Waals surface area contributed by atoms with Gasteiger partial charge in [-0.1, -0.05) is 42.2 Å². The first-order chi connectivity index (χ1) is 14.7. The number of fused-ring (bicyclic) bond motifs is 3. The van der Waals surface area contributed by atoms with Crippen molar-refractivity contribution in [2.45, 2.75) is 37.4 Å². The van der Waals surface area contributed by atoms with Gasteiger partial charge in [-0.25, -0.2) is 4.98 Å². The predicted octanol–water partition coefficient (Wildman–Crippen LogP) is 2.65. The summed E-state index contributed by atoms with van der Waals surface area (Å²) in [5, 5.41) is 11.2. The molecule has 1 aromatic heterocycles. The Labute approximate surface area is 178 Å². The topological polar surface area (TPSA) is 54.8 Å². The summed E-state index contributed by atoms with van der Waals surface area (Å²) in [5.74, 6) is 7.39. The summed E-state index contributed by atoms with van der Waals surface area (Å²) in [6.07, 6.45) is 3.68. The lowest BCUT2D eigenvalue weighted by Crippen LogP contribution is -2.58. The Bertz CT molecular complexity index is 938. The highest BCUT2D eigenvalue weighted by Gasteiger charge is 2.44. The van der Waals surface area contributed by atoms with E-state index >= 15 is 0 Å². The van der Waals surface area contributed by atoms with Gasteiger partial charge in [-0.3, -0.25) is 4.90 Å². The van der Waals surface area contributed by atoms with Gasteiger partial charge in [0.2, 0.25) is 5.88 Å². The van der Waals surface area contributed by atoms with Crippen LogP contribution >= 0.6 is 0 Å². The van der Waals surface area contributed by atoms with E-state index in [1.165, 1.54) is 5.56 Å². The Morgan fingerprint density at radius 1 is 1.13 bits per heavy atom. The Morgan fingerprint density at radius 2 is 1.97 bits per heavy atom. The van der Waals surface area contributed by atoms with Crippen molar-refractivity contribution in [2.24, 2.45) is 5.92 Å². The SMILES string of the molecule is OC1(C#Cc2ccc(OC3CCOC3)nc2Cc2ccccc2)CN2CCC1CC2. The van der Waals surface area contributed by atoms with Gasteiger partial charge in [-0.15, -0.1) is 0 Å². The van der Waals surface area contributed by atoms with Crippen molar-refractivity contribution in [1.82, 2.24) is 9.88 Å². The van der Waals surface area contributed by atoms with Crippen molar-refractivity contribution in [3.8, 4) is 17.7 Å². The number of pyridine rings is 1. The van der Waals surface area contributed by atoms with E-state index in [9.17, 15) is 5.11 Å². The molecule has 2 atom stereocenters. The quantitative estimate of drug-likeness (QED) is 0.794. The van der Waals surface area contributed by atoms with Gasteiger partial charge < -0.3 is 14.6 Å². The van der Waals surface area contributed by atoms with Crippen LogP contribution in [0.15, 0.2) is 42.5 Å². The fraction of sp³-hybridized carbons (Fsp3) is 0.480. The number of nitrogens with zero attached hydrogens (tertiary/aromatic N) is 2. The standard InChI is InChI=1S/C25H28N2O3/c28-25(18-27-13-9-21(25)10-14-27)12-8-20-6-7-24(30-22-11-15-29-17-22)26-23(20)16-19-4-2-1-3-5-19/h1-7,21-22,28H,9-11,13-18H2. The fourth-order valence-corrected chi connectivity index (χ4v) is 4.72. The van der Waals surface area contributed by atoms with E-state index in [4.69, 9.17) is 14.5 Å². The van der Waals surface area contributed by atoms with Crippen LogP contribution in [0.25, 0.3) is 0 Å². The molecular weight excluding hydrogens is 376 g/mol. The van der Waals surface area contributed by atoms with Crippen LogP contribution in [0.4, 0.5) is 0 Å². The van der Waals surface area contributed by atoms with E-state index in [1.807, 2.05) is 30.3 Å². The summed E-state index contributed by atoms with van der Waals surface area (Å²) in [5.41, 5.74) is 2.00. The second-order valence-corrected chi connectivity index (χ2v) is 8.63. The maximum Gasteiger partial charge on any atom is 0.213 e. The predicted molar refractivity (Wildman–Crippen MR) is 114 cm³/mol. The molecule has 1 aromatic carbocycles. The lowest BCUT2D eigenvalue weighted by molar-refractivity contribution is -0.0713. The van der Waals surface area contributed by atoms with Gasteiger partial charge in [0.1, 0.15) is 11.7 Å². The summed E-state index contributed by atoms with van der Waals surface area (Å²) in [6, 6.07) is 14.1. The van der Waals surface area contributed by atoms with Crippen LogP contribution < -0.4 is 4.74 Å². The normalized spacial score (nSPS) is 30.0. The highest BCUT2D eigenvalue weighted by molar-refractivity contribution is 5.44. The zero-order valence-electron chi connectivity index (χ0n) is 17.2. The van der Waals surface area contributed by atoms with Gasteiger partial charge in [0.15, 0.2) is 0 Å². The van der Waals surface area contributed by atoms with E-state index in [1.54, 1.807) is 0 Å². The first-order valence-electron chi connectivity index (χ1n) is 10.9. The lowest BCUT2D eigenvalue weighted by Gasteiger charge is -2.47. The summed E-state index contributed by atoms with van der Waals surface area (Å²) >= 11 is 0. The molecule has 5 nitrogen and oxygen atoms in total. The molecule has 4 fully saturated rings. The van der Waals surface area contributed by atoms with Crippen molar-refractivity contribution in [3.63, 3.8) is 0 Å². The minimum absolute atomic E-state index is 0.0616. The average molecular weight is 405 g/mol. The van der Waals surface area contributed by atoms with Crippen LogP contribution in [-0.2, 0) is 11.2 Å². The number of aliphatic hydroxyl groups is 1. The molecule has 5 heteroatoms. The second-order valence-electron chi connectivity index (χ2n) is 8.63. The Morgan fingerprint density at radius 3 is 2.67 bits per heavy atom. The fourth-order valence-electron chi connectivity index (χ4n) is 4.72. The first kappa shape index (κ1) is 19.6. The summed E-state index contributed by atoms with van der Waals surface area (Å²) in [7, 11) is 0. The molecule has 30 heavy (non-hydrogen) atoms. The molecular formula is C25H28N2O3. The lowest BCUT2D eigenvalue weighted by atomic mass is 9.75. The molecule has 0 amide bonds. The molecule has 1 N–H and O–H groups in total. The second kappa shape index (κ2) is 8.39. The number of hydrogen-bond acceptors (Lipinski definition) is 5. The van der Waals surface area contributed by atoms with Crippen molar-refractivity contribution < 1.29 is 14.6 Å². The van der Waals surface area contributed by atoms with Gasteiger partial charge in [0, 0.05) is 36.9 Å². The van der Waals surface area contributed by atoms with Gasteiger partial charge >= 0.3 is 0 Å². The van der Waals surface area contributed by atoms with Crippen LogP contribution in [0.5, 0.6) is 5.88 Å². The van der Waals surface area contributed by atoms with E-state index in [0.717, 1.165) is 50.2 Å². The minimum Gasteiger partial charge on any atom is -0.472 e. The van der Waals surface area contributed by atoms with E-state index < -0.39 is 5.60 Å². The molecule has 0 aliphatic carbocycles. The number of benzene rings is 1. The summed E-state index contributed by atoms with van der Waals surface area (Å²) < 4.78 is 11.4. The summed E-state index contributed by atoms with van der Waals surface area (Å²) in [4.78, 5) is 7.11. The van der Waals surface area contributed by atoms with Crippen molar-refractivity contribution in [2.75, 3.05) is 32.8 Å². The molecule has 6 rings (SSSR count). The van der Waals surface area contributed by atoms with E-state index in [-0.39, 0.29) is 12.0 Å². The molecule has 0 saturated carbocycles. The third-order valence-electron chi connectivity index (χ3n) is 6.48. The minimum atomic E-state index is -0.920. The van der Waals surface area contributed by atoms with E-state index in [0.29, 0.717) is 25.5 Å². The Balaban J connectivity index is 1.43. The monoisotopic (exact) mass is 404 g/mol. The largest absolute Gasteiger partial charge is 0.472 e. The van der Waals surface area contributed by atoms with Crippen LogP contribution in [0.1, 0.15) is 36.1 Å². The maximum absolute atomic E-state index is 11.2. The highest BCUT2D eigenvalue weighted by atomic mass is 16.5. The third-order valence-corrected chi connectivity index (χ3v) is 6.48. The molecule has 4 saturated heterocycles. The third kappa shape index (κ3) is 4.22. The highest BCUT2D eigenvalue weighted by Crippen LogP contribution is 2.35. The van der Waals surface area contributed by atoms with Gasteiger partial charge in [0.25, 0.3) is 0 Å². The molecule has 5 heterocycles. The van der Waals surface area contributed by atoms with Crippen LogP contribution in [0.3, 0.4) is 0 Å². The van der Waals surface area contributed by atoms with Crippen molar-refractivity contribution in [3.05, 3.63) is 59.3 Å². The molecule has 4 aliphatic rings. The van der Waals surface area contributed by atoms with Gasteiger partial charge in [-0.2, -0.15) is 0 Å². The number of hydrogen-bond donors (Lipinski definition) is 1. The molecule has 2 unspecified atom stereocenters. The summed E-state index contributed by atoms with van der Waals surface area (Å²) in [6.45, 7) is 4.15. The number of piperidine rings is 3. The van der Waals surface area contributed by atoms with Crippen molar-refractivity contribution in [1.29, 1.82) is 0 Å². The number of ether oxygens (including phenoxy) is 2. The van der Waals surface area contributed by atoms with E-state index in [2.05, 4.69) is 28.9 Å². The van der Waals surface area contributed by atoms with Crippen LogP contribution in [0.2, 0.25) is 0 Å². The zero-order chi connectivity index (χ0) is 20.4. The Kier molecular flexibility index (Phi) is 5.47. The molecule has 156 valence electrons. The van der Waals surface area contributed by atoms with Crippen LogP contribution in [0, 0.1) is 17.8 Å². The van der Waals surface area contributed by atoms with Gasteiger partial charge in [-0.05, 0) is 37.6 Å². The molecule has 0 radical (unpaired) electrons. The number of aromatic nitrogens is 1. The first-order valence-corrected chi connectivity index (χ1v) is 10.9. The smallest absolute Gasteiger partial charge is 0.213 e. The van der Waals surface area contributed by atoms with Gasteiger partial charge in [0.05, 0.1) is 18.9 Å². The van der Waals surface area contributed by atoms with Crippen molar-refractivity contribution >= 4 is 0 Å². The molecule has 2 bridgehead atoms. The molecule has 0 spiro atoms. The number of rotatable bonds is 4. The Hall–Kier alpha value is -2.39. The zero-order valence-corrected chi connectivity index (χ0v) is 17.2.